The SMILES string of the molecule is CC(C)C(=O)NS(=O)(=O)C1CCN(C2CCC(N(C)C)CC2)CC1. The molecule has 1 aliphatic carbocycles. The highest BCUT2D eigenvalue weighted by Gasteiger charge is 2.35. The molecule has 0 radical (unpaired) electrons. The fourth-order valence-corrected chi connectivity index (χ4v) is 5.35. The molecular weight excluding hydrogens is 326 g/mol. The van der Waals surface area contributed by atoms with Crippen molar-refractivity contribution in [3.05, 3.63) is 0 Å². The van der Waals surface area contributed by atoms with Crippen molar-refractivity contribution in [3.8, 4) is 0 Å². The van der Waals surface area contributed by atoms with Gasteiger partial charge in [0.1, 0.15) is 0 Å². The molecule has 1 saturated carbocycles. The van der Waals surface area contributed by atoms with Crippen molar-refractivity contribution >= 4 is 15.9 Å². The second kappa shape index (κ2) is 8.15. The summed E-state index contributed by atoms with van der Waals surface area (Å²) in [6.07, 6.45) is 6.08. The lowest BCUT2D eigenvalue weighted by Crippen LogP contribution is -2.50. The average Bonchev–Trinajstić information content (AvgIpc) is 2.54. The molecule has 2 fully saturated rings. The molecular formula is C17H33N3O3S. The molecule has 1 saturated heterocycles. The van der Waals surface area contributed by atoms with Crippen LogP contribution in [0.4, 0.5) is 0 Å². The third kappa shape index (κ3) is 4.92. The number of carbonyl (C=O) groups is 1. The standard InChI is InChI=1S/C17H33N3O3S/c1-13(2)17(21)18-24(22,23)16-9-11-20(12-10-16)15-7-5-14(6-8-15)19(3)4/h13-16H,5-12H2,1-4H3,(H,18,21). The number of nitrogens with one attached hydrogen (secondary N) is 1. The average molecular weight is 360 g/mol. The smallest absolute Gasteiger partial charge is 0.237 e. The molecule has 7 heteroatoms. The minimum absolute atomic E-state index is 0.313. The highest BCUT2D eigenvalue weighted by Crippen LogP contribution is 2.28. The maximum Gasteiger partial charge on any atom is 0.237 e. The number of carbonyl (C=O) groups excluding carboxylic acids is 1. The minimum Gasteiger partial charge on any atom is -0.306 e. The Hall–Kier alpha value is -0.660. The first-order chi connectivity index (χ1) is 11.2. The van der Waals surface area contributed by atoms with Crippen LogP contribution in [0.1, 0.15) is 52.4 Å². The highest BCUT2D eigenvalue weighted by atomic mass is 32.2. The second-order valence-electron chi connectivity index (χ2n) is 7.83. The van der Waals surface area contributed by atoms with Crippen LogP contribution in [-0.4, -0.2) is 68.6 Å². The number of piperidine rings is 1. The molecule has 0 aromatic rings. The van der Waals surface area contributed by atoms with E-state index in [2.05, 4.69) is 28.6 Å². The summed E-state index contributed by atoms with van der Waals surface area (Å²) >= 11 is 0. The van der Waals surface area contributed by atoms with Gasteiger partial charge in [-0.2, -0.15) is 0 Å². The van der Waals surface area contributed by atoms with Crippen molar-refractivity contribution < 1.29 is 13.2 Å². The van der Waals surface area contributed by atoms with E-state index in [4.69, 9.17) is 0 Å². The molecule has 2 aliphatic rings. The monoisotopic (exact) mass is 359 g/mol. The first kappa shape index (κ1) is 19.7. The van der Waals surface area contributed by atoms with Gasteiger partial charge >= 0.3 is 0 Å². The first-order valence-corrected chi connectivity index (χ1v) is 10.7. The second-order valence-corrected chi connectivity index (χ2v) is 9.79. The molecule has 0 bridgehead atoms. The van der Waals surface area contributed by atoms with Gasteiger partial charge in [-0.3, -0.25) is 9.52 Å². The van der Waals surface area contributed by atoms with Crippen LogP contribution in [0, 0.1) is 5.92 Å². The molecule has 0 aromatic carbocycles. The number of hydrogen-bond acceptors (Lipinski definition) is 5. The molecule has 140 valence electrons. The Morgan fingerprint density at radius 1 is 1.04 bits per heavy atom. The zero-order chi connectivity index (χ0) is 17.9. The van der Waals surface area contributed by atoms with E-state index < -0.39 is 21.2 Å². The lowest BCUT2D eigenvalue weighted by Gasteiger charge is -2.41. The van der Waals surface area contributed by atoms with Crippen LogP contribution in [0.5, 0.6) is 0 Å². The van der Waals surface area contributed by atoms with E-state index in [1.165, 1.54) is 25.7 Å². The van der Waals surface area contributed by atoms with E-state index in [0.717, 1.165) is 13.1 Å². The molecule has 0 aromatic heterocycles. The molecule has 0 unspecified atom stereocenters. The molecule has 1 aliphatic heterocycles. The Labute approximate surface area is 147 Å². The zero-order valence-electron chi connectivity index (χ0n) is 15.5. The number of likely N-dealkylation sites (tertiary alicyclic amines) is 1. The molecule has 2 rings (SSSR count). The Morgan fingerprint density at radius 2 is 1.58 bits per heavy atom. The van der Waals surface area contributed by atoms with Crippen LogP contribution in [0.3, 0.4) is 0 Å². The molecule has 24 heavy (non-hydrogen) atoms. The van der Waals surface area contributed by atoms with E-state index in [1.807, 2.05) is 0 Å². The summed E-state index contributed by atoms with van der Waals surface area (Å²) in [5, 5.41) is -0.436. The normalized spacial score (nSPS) is 27.6. The summed E-state index contributed by atoms with van der Waals surface area (Å²) in [7, 11) is 0.757. The summed E-state index contributed by atoms with van der Waals surface area (Å²) in [6, 6.07) is 1.28. The van der Waals surface area contributed by atoms with Crippen molar-refractivity contribution in [1.29, 1.82) is 0 Å². The lowest BCUT2D eigenvalue weighted by atomic mass is 9.88. The fraction of sp³-hybridized carbons (Fsp3) is 0.941. The van der Waals surface area contributed by atoms with E-state index in [-0.39, 0.29) is 5.92 Å². The van der Waals surface area contributed by atoms with Crippen LogP contribution < -0.4 is 4.72 Å². The third-order valence-electron chi connectivity index (χ3n) is 5.60. The fourth-order valence-electron chi connectivity index (χ4n) is 3.83. The summed E-state index contributed by atoms with van der Waals surface area (Å²) in [4.78, 5) is 16.5. The van der Waals surface area contributed by atoms with Crippen LogP contribution >= 0.6 is 0 Å². The molecule has 0 spiro atoms. The third-order valence-corrected chi connectivity index (χ3v) is 7.43. The number of hydrogen-bond donors (Lipinski definition) is 1. The predicted octanol–water partition coefficient (Wildman–Crippen LogP) is 1.43. The van der Waals surface area contributed by atoms with Crippen molar-refractivity contribution in [2.45, 2.75) is 69.7 Å². The van der Waals surface area contributed by atoms with E-state index >= 15 is 0 Å². The van der Waals surface area contributed by atoms with Crippen LogP contribution in [0.15, 0.2) is 0 Å². The summed E-state index contributed by atoms with van der Waals surface area (Å²) in [6.45, 7) is 5.05. The number of nitrogens with zero attached hydrogens (tertiary/aromatic N) is 2. The lowest BCUT2D eigenvalue weighted by molar-refractivity contribution is -0.122. The topological polar surface area (TPSA) is 69.7 Å². The number of sulfonamides is 1. The van der Waals surface area contributed by atoms with Crippen molar-refractivity contribution in [3.63, 3.8) is 0 Å². The molecule has 6 nitrogen and oxygen atoms in total. The van der Waals surface area contributed by atoms with Crippen molar-refractivity contribution in [2.24, 2.45) is 5.92 Å². The van der Waals surface area contributed by atoms with Crippen LogP contribution in [0.2, 0.25) is 0 Å². The Morgan fingerprint density at radius 3 is 2.04 bits per heavy atom. The molecule has 0 atom stereocenters. The van der Waals surface area contributed by atoms with Gasteiger partial charge < -0.3 is 9.80 Å². The highest BCUT2D eigenvalue weighted by molar-refractivity contribution is 7.90. The minimum atomic E-state index is -3.53. The Kier molecular flexibility index (Phi) is 6.67. The zero-order valence-corrected chi connectivity index (χ0v) is 16.3. The van der Waals surface area contributed by atoms with E-state index in [1.54, 1.807) is 13.8 Å². The van der Waals surface area contributed by atoms with Crippen LogP contribution in [0.25, 0.3) is 0 Å². The van der Waals surface area contributed by atoms with Gasteiger partial charge in [-0.05, 0) is 65.7 Å². The number of amides is 1. The van der Waals surface area contributed by atoms with Crippen molar-refractivity contribution in [1.82, 2.24) is 14.5 Å². The quantitative estimate of drug-likeness (QED) is 0.804. The van der Waals surface area contributed by atoms with Gasteiger partial charge in [-0.1, -0.05) is 13.8 Å². The van der Waals surface area contributed by atoms with E-state index in [0.29, 0.717) is 24.9 Å². The maximum absolute atomic E-state index is 12.3. The first-order valence-electron chi connectivity index (χ1n) is 9.16. The van der Waals surface area contributed by atoms with Gasteiger partial charge in [0.05, 0.1) is 5.25 Å². The molecule has 1 N–H and O–H groups in total. The summed E-state index contributed by atoms with van der Waals surface area (Å²) < 4.78 is 26.9. The molecule has 1 heterocycles. The molecule has 1 amide bonds. The van der Waals surface area contributed by atoms with Gasteiger partial charge in [-0.15, -0.1) is 0 Å². The van der Waals surface area contributed by atoms with E-state index in [9.17, 15) is 13.2 Å². The summed E-state index contributed by atoms with van der Waals surface area (Å²) in [5.74, 6) is -0.716. The van der Waals surface area contributed by atoms with Gasteiger partial charge in [-0.25, -0.2) is 8.42 Å². The number of rotatable bonds is 5. The van der Waals surface area contributed by atoms with Crippen molar-refractivity contribution in [2.75, 3.05) is 27.2 Å². The largest absolute Gasteiger partial charge is 0.306 e. The Bertz CT molecular complexity index is 517. The Balaban J connectivity index is 1.82. The maximum atomic E-state index is 12.3. The van der Waals surface area contributed by atoms with Crippen LogP contribution in [-0.2, 0) is 14.8 Å². The van der Waals surface area contributed by atoms with Gasteiger partial charge in [0, 0.05) is 18.0 Å². The van der Waals surface area contributed by atoms with Gasteiger partial charge in [0.25, 0.3) is 0 Å². The summed E-state index contributed by atoms with van der Waals surface area (Å²) in [5.41, 5.74) is 0. The van der Waals surface area contributed by atoms with Gasteiger partial charge in [0.2, 0.25) is 15.9 Å². The van der Waals surface area contributed by atoms with Gasteiger partial charge in [0.15, 0.2) is 0 Å². The predicted molar refractivity (Wildman–Crippen MR) is 96.2 cm³/mol.